The molecule has 1 fully saturated rings. The van der Waals surface area contributed by atoms with E-state index in [-0.39, 0.29) is 24.7 Å². The second kappa shape index (κ2) is 6.61. The van der Waals surface area contributed by atoms with E-state index in [2.05, 4.69) is 5.32 Å². The fourth-order valence-electron chi connectivity index (χ4n) is 2.17. The van der Waals surface area contributed by atoms with E-state index < -0.39 is 5.97 Å². The van der Waals surface area contributed by atoms with E-state index in [1.165, 1.54) is 4.90 Å². The summed E-state index contributed by atoms with van der Waals surface area (Å²) in [5.41, 5.74) is 0. The van der Waals surface area contributed by atoms with Gasteiger partial charge in [0.1, 0.15) is 6.54 Å². The molecule has 1 unspecified atom stereocenters. The van der Waals surface area contributed by atoms with Crippen molar-refractivity contribution in [1.82, 2.24) is 10.2 Å². The fourth-order valence-corrected chi connectivity index (χ4v) is 2.17. The van der Waals surface area contributed by atoms with Crippen LogP contribution in [0.5, 0.6) is 0 Å². The number of nitrogens with one attached hydrogen (secondary N) is 1. The van der Waals surface area contributed by atoms with Crippen molar-refractivity contribution in [3.8, 4) is 0 Å². The number of aliphatic carboxylic acids is 1. The van der Waals surface area contributed by atoms with E-state index in [4.69, 9.17) is 5.11 Å². The zero-order valence-electron chi connectivity index (χ0n) is 11.5. The zero-order valence-corrected chi connectivity index (χ0v) is 11.5. The Hall–Kier alpha value is -1.26. The molecular formula is C13H24N2O3. The third-order valence-electron chi connectivity index (χ3n) is 3.68. The minimum Gasteiger partial charge on any atom is -0.480 e. The van der Waals surface area contributed by atoms with Gasteiger partial charge in [0.15, 0.2) is 0 Å². The van der Waals surface area contributed by atoms with E-state index >= 15 is 0 Å². The van der Waals surface area contributed by atoms with Crippen LogP contribution >= 0.6 is 0 Å². The van der Waals surface area contributed by atoms with Crippen molar-refractivity contribution in [3.63, 3.8) is 0 Å². The van der Waals surface area contributed by atoms with Gasteiger partial charge in [0.2, 0.25) is 0 Å². The van der Waals surface area contributed by atoms with E-state index in [9.17, 15) is 9.59 Å². The number of carboxylic acid groups (broad SMARTS) is 1. The maximum absolute atomic E-state index is 12.1. The summed E-state index contributed by atoms with van der Waals surface area (Å²) in [5, 5.41) is 11.8. The SMILES string of the molecule is CC(C)C(C)NC(=O)N(CC(=O)O)C1CCCC1. The monoisotopic (exact) mass is 256 g/mol. The predicted octanol–water partition coefficient (Wildman–Crippen LogP) is 2.07. The molecule has 0 heterocycles. The Morgan fingerprint density at radius 3 is 2.28 bits per heavy atom. The molecule has 5 heteroatoms. The van der Waals surface area contributed by atoms with Gasteiger partial charge in [-0.2, -0.15) is 0 Å². The Kier molecular flexibility index (Phi) is 5.44. The Labute approximate surface area is 109 Å². The number of rotatable bonds is 5. The topological polar surface area (TPSA) is 69.6 Å². The molecule has 18 heavy (non-hydrogen) atoms. The third kappa shape index (κ3) is 4.20. The van der Waals surface area contributed by atoms with Crippen LogP contribution in [0.15, 0.2) is 0 Å². The van der Waals surface area contributed by atoms with Crippen LogP contribution in [0, 0.1) is 5.92 Å². The molecule has 0 aromatic rings. The molecule has 2 N–H and O–H groups in total. The second-order valence-electron chi connectivity index (χ2n) is 5.44. The normalized spacial score (nSPS) is 17.8. The van der Waals surface area contributed by atoms with Gasteiger partial charge in [0, 0.05) is 12.1 Å². The lowest BCUT2D eigenvalue weighted by molar-refractivity contribution is -0.138. The second-order valence-corrected chi connectivity index (χ2v) is 5.44. The van der Waals surface area contributed by atoms with Gasteiger partial charge in [-0.3, -0.25) is 4.79 Å². The number of carbonyl (C=O) groups excluding carboxylic acids is 1. The number of nitrogens with zero attached hydrogens (tertiary/aromatic N) is 1. The number of amides is 2. The average Bonchev–Trinajstić information content (AvgIpc) is 2.78. The molecule has 104 valence electrons. The molecular weight excluding hydrogens is 232 g/mol. The summed E-state index contributed by atoms with van der Waals surface area (Å²) in [7, 11) is 0. The fraction of sp³-hybridized carbons (Fsp3) is 0.846. The maximum Gasteiger partial charge on any atom is 0.323 e. The largest absolute Gasteiger partial charge is 0.480 e. The first-order valence-electron chi connectivity index (χ1n) is 6.70. The summed E-state index contributed by atoms with van der Waals surface area (Å²) in [6, 6.07) is -0.110. The molecule has 1 aliphatic rings. The molecule has 0 radical (unpaired) electrons. The summed E-state index contributed by atoms with van der Waals surface area (Å²) in [4.78, 5) is 24.5. The van der Waals surface area contributed by atoms with Crippen LogP contribution in [-0.4, -0.2) is 40.6 Å². The molecule has 1 rings (SSSR count). The van der Waals surface area contributed by atoms with Gasteiger partial charge in [0.05, 0.1) is 0 Å². The Bertz CT molecular complexity index is 299. The lowest BCUT2D eigenvalue weighted by atomic mass is 10.1. The van der Waals surface area contributed by atoms with Crippen molar-refractivity contribution >= 4 is 12.0 Å². The van der Waals surface area contributed by atoms with Gasteiger partial charge in [-0.15, -0.1) is 0 Å². The van der Waals surface area contributed by atoms with Crippen LogP contribution in [0.25, 0.3) is 0 Å². The highest BCUT2D eigenvalue weighted by molar-refractivity contribution is 5.80. The van der Waals surface area contributed by atoms with Crippen molar-refractivity contribution in [1.29, 1.82) is 0 Å². The number of hydrogen-bond donors (Lipinski definition) is 2. The molecule has 1 saturated carbocycles. The first-order chi connectivity index (χ1) is 8.41. The molecule has 0 aromatic carbocycles. The molecule has 0 spiro atoms. The minimum atomic E-state index is -0.950. The number of carbonyl (C=O) groups is 2. The zero-order chi connectivity index (χ0) is 13.7. The highest BCUT2D eigenvalue weighted by Crippen LogP contribution is 2.23. The van der Waals surface area contributed by atoms with Gasteiger partial charge in [-0.05, 0) is 25.7 Å². The molecule has 0 saturated heterocycles. The van der Waals surface area contributed by atoms with Gasteiger partial charge < -0.3 is 15.3 Å². The summed E-state index contributed by atoms with van der Waals surface area (Å²) in [6.07, 6.45) is 3.98. The third-order valence-corrected chi connectivity index (χ3v) is 3.68. The lowest BCUT2D eigenvalue weighted by Gasteiger charge is -2.30. The highest BCUT2D eigenvalue weighted by atomic mass is 16.4. The van der Waals surface area contributed by atoms with Crippen LogP contribution in [0.1, 0.15) is 46.5 Å². The van der Waals surface area contributed by atoms with Crippen LogP contribution in [-0.2, 0) is 4.79 Å². The lowest BCUT2D eigenvalue weighted by Crippen LogP contribution is -2.50. The first kappa shape index (κ1) is 14.8. The van der Waals surface area contributed by atoms with E-state index in [1.54, 1.807) is 0 Å². The van der Waals surface area contributed by atoms with Crippen molar-refractivity contribution in [2.75, 3.05) is 6.54 Å². The van der Waals surface area contributed by atoms with Crippen molar-refractivity contribution < 1.29 is 14.7 Å². The van der Waals surface area contributed by atoms with Gasteiger partial charge in [0.25, 0.3) is 0 Å². The Balaban J connectivity index is 2.63. The predicted molar refractivity (Wildman–Crippen MR) is 69.4 cm³/mol. The molecule has 2 amide bonds. The smallest absolute Gasteiger partial charge is 0.323 e. The van der Waals surface area contributed by atoms with Gasteiger partial charge >= 0.3 is 12.0 Å². The Morgan fingerprint density at radius 2 is 1.83 bits per heavy atom. The van der Waals surface area contributed by atoms with Gasteiger partial charge in [-0.1, -0.05) is 26.7 Å². The minimum absolute atomic E-state index is 0.0511. The van der Waals surface area contributed by atoms with E-state index in [0.717, 1.165) is 25.7 Å². The quantitative estimate of drug-likeness (QED) is 0.791. The summed E-state index contributed by atoms with van der Waals surface area (Å²) in [6.45, 7) is 5.79. The first-order valence-corrected chi connectivity index (χ1v) is 6.70. The highest BCUT2D eigenvalue weighted by Gasteiger charge is 2.29. The van der Waals surface area contributed by atoms with E-state index in [1.807, 2.05) is 20.8 Å². The standard InChI is InChI=1S/C13H24N2O3/c1-9(2)10(3)14-13(18)15(8-12(16)17)11-6-4-5-7-11/h9-11H,4-8H2,1-3H3,(H,14,18)(H,16,17). The molecule has 0 aromatic heterocycles. The summed E-state index contributed by atoms with van der Waals surface area (Å²) >= 11 is 0. The number of hydrogen-bond acceptors (Lipinski definition) is 2. The van der Waals surface area contributed by atoms with Crippen LogP contribution in [0.3, 0.4) is 0 Å². The molecule has 0 aliphatic heterocycles. The van der Waals surface area contributed by atoms with Crippen LogP contribution in [0.2, 0.25) is 0 Å². The molecule has 0 bridgehead atoms. The molecule has 1 aliphatic carbocycles. The number of carboxylic acids is 1. The van der Waals surface area contributed by atoms with Crippen LogP contribution < -0.4 is 5.32 Å². The van der Waals surface area contributed by atoms with Crippen molar-refractivity contribution in [2.45, 2.75) is 58.5 Å². The van der Waals surface area contributed by atoms with Crippen LogP contribution in [0.4, 0.5) is 4.79 Å². The Morgan fingerprint density at radius 1 is 1.28 bits per heavy atom. The van der Waals surface area contributed by atoms with Crippen molar-refractivity contribution in [3.05, 3.63) is 0 Å². The average molecular weight is 256 g/mol. The van der Waals surface area contributed by atoms with Crippen molar-refractivity contribution in [2.24, 2.45) is 5.92 Å². The molecule has 1 atom stereocenters. The van der Waals surface area contributed by atoms with Gasteiger partial charge in [-0.25, -0.2) is 4.79 Å². The maximum atomic E-state index is 12.1. The molecule has 5 nitrogen and oxygen atoms in total. The summed E-state index contributed by atoms with van der Waals surface area (Å²) < 4.78 is 0. The summed E-state index contributed by atoms with van der Waals surface area (Å²) in [5.74, 6) is -0.613. The van der Waals surface area contributed by atoms with E-state index in [0.29, 0.717) is 5.92 Å². The number of urea groups is 1.